The van der Waals surface area contributed by atoms with Crippen LogP contribution in [0.5, 0.6) is 0 Å². The smallest absolute Gasteiger partial charge is 0.336 e. The highest BCUT2D eigenvalue weighted by Crippen LogP contribution is 2.05. The summed E-state index contributed by atoms with van der Waals surface area (Å²) in [5, 5.41) is 10.5. The summed E-state index contributed by atoms with van der Waals surface area (Å²) in [5.74, 6) is -1.60. The quantitative estimate of drug-likeness (QED) is 0.132. The van der Waals surface area contributed by atoms with E-state index >= 15 is 0 Å². The van der Waals surface area contributed by atoms with Gasteiger partial charge in [-0.3, -0.25) is 29.1 Å². The number of hydrogen-bond acceptors (Lipinski definition) is 9. The van der Waals surface area contributed by atoms with Gasteiger partial charge in [-0.2, -0.15) is 0 Å². The largest absolute Gasteiger partial charge is 0.394 e. The normalized spacial score (nSPS) is 9.62. The van der Waals surface area contributed by atoms with E-state index in [1.54, 1.807) is 30.5 Å². The van der Waals surface area contributed by atoms with Crippen molar-refractivity contribution in [2.24, 2.45) is 0 Å². The Balaban J connectivity index is 0.000000204. The molecule has 0 atom stereocenters. The van der Waals surface area contributed by atoms with Gasteiger partial charge in [0.25, 0.3) is 11.1 Å². The molecule has 6 N–H and O–H groups in total. The Morgan fingerprint density at radius 3 is 1.83 bits per heavy atom. The fraction of sp³-hybridized carbons (Fsp3) is 0. The molecule has 5 rings (SSSR count). The van der Waals surface area contributed by atoms with Gasteiger partial charge in [0.2, 0.25) is 0 Å². The number of nitrogens with one attached hydrogen (secondary N) is 2. The number of H-pyrrole nitrogens is 2. The van der Waals surface area contributed by atoms with Gasteiger partial charge in [0, 0.05) is 43.1 Å². The summed E-state index contributed by atoms with van der Waals surface area (Å²) >= 11 is 5.43. The lowest BCUT2D eigenvalue weighted by atomic mass is 10.4. The van der Waals surface area contributed by atoms with Crippen LogP contribution in [0.3, 0.4) is 0 Å². The number of nitrogens with two attached hydrogens (primary N) is 2. The third kappa shape index (κ3) is 10.4. The van der Waals surface area contributed by atoms with E-state index in [1.165, 1.54) is 6.20 Å². The van der Waals surface area contributed by atoms with E-state index in [1.807, 2.05) is 17.1 Å². The van der Waals surface area contributed by atoms with Gasteiger partial charge in [0.05, 0.1) is 11.0 Å². The summed E-state index contributed by atoms with van der Waals surface area (Å²) in [7, 11) is 0. The lowest BCUT2D eigenvalue weighted by Crippen LogP contribution is -2.22. The molecule has 218 valence electrons. The zero-order valence-corrected chi connectivity index (χ0v) is 21.8. The Kier molecular flexibility index (Phi) is 12.1. The van der Waals surface area contributed by atoms with Crippen LogP contribution in [-0.4, -0.2) is 29.4 Å². The van der Waals surface area contributed by atoms with Crippen LogP contribution < -0.4 is 28.1 Å². The average Bonchev–Trinajstić information content (AvgIpc) is 2.96. The molecule has 0 bridgehead atoms. The van der Waals surface area contributed by atoms with Crippen molar-refractivity contribution in [1.82, 2.24) is 24.5 Å². The van der Waals surface area contributed by atoms with E-state index in [9.17, 15) is 37.7 Å². The molecule has 17 heteroatoms. The highest BCUT2D eigenvalue weighted by Gasteiger charge is 2.12. The number of halogens is 4. The molecule has 5 heterocycles. The number of nitrogen functional groups attached to an aromatic ring is 2. The van der Waals surface area contributed by atoms with Crippen LogP contribution in [0.2, 0.25) is 5.15 Å². The summed E-state index contributed by atoms with van der Waals surface area (Å²) in [5.41, 5.74) is 7.52. The zero-order valence-electron chi connectivity index (χ0n) is 21.1. The second-order valence-electron chi connectivity index (χ2n) is 7.52. The Labute approximate surface area is 238 Å². The number of hydrogen-bond donors (Lipinski definition) is 4. The van der Waals surface area contributed by atoms with Crippen LogP contribution >= 0.6 is 11.6 Å². The Morgan fingerprint density at radius 2 is 1.38 bits per heavy atom. The third-order valence-electron chi connectivity index (χ3n) is 4.48. The van der Waals surface area contributed by atoms with Crippen molar-refractivity contribution < 1.29 is 18.1 Å². The summed E-state index contributed by atoms with van der Waals surface area (Å²) in [6.07, 6.45) is 5.94. The van der Waals surface area contributed by atoms with E-state index in [2.05, 4.69) is 15.0 Å². The maximum Gasteiger partial charge on any atom is 0.336 e. The second-order valence-corrected chi connectivity index (χ2v) is 7.91. The van der Waals surface area contributed by atoms with Gasteiger partial charge < -0.3 is 21.4 Å². The van der Waals surface area contributed by atoms with Gasteiger partial charge in [-0.05, 0) is 24.3 Å². The predicted molar refractivity (Wildman–Crippen MR) is 149 cm³/mol. The van der Waals surface area contributed by atoms with E-state index in [0.717, 1.165) is 35.3 Å². The maximum atomic E-state index is 13.0. The summed E-state index contributed by atoms with van der Waals surface area (Å²) in [4.78, 5) is 53.2. The van der Waals surface area contributed by atoms with Crippen molar-refractivity contribution in [3.63, 3.8) is 0 Å². The molecule has 0 radical (unpaired) electrons. The first-order valence-corrected chi connectivity index (χ1v) is 11.6. The molecule has 13 nitrogen and oxygen atoms in total. The molecule has 0 amide bonds. The fourth-order valence-electron chi connectivity index (χ4n) is 2.63. The van der Waals surface area contributed by atoms with E-state index in [4.69, 9.17) is 23.1 Å². The first-order chi connectivity index (χ1) is 19.9. The standard InChI is InChI=1S/C10H8FN3O.C5H4ClN.C5H3FN2O3.C5H5FN2O/c11-7-5-8(12)10(15)14(6-7)9-3-1-2-4-13-9;6-5-3-1-2-4-7-5;6-3-1-4(8(10)11)5(9)7-2-3;6-3-1-4(7)5(9)8-2-3/h1-6H,12H2;1-4H;1-2H,(H,7,9);1-2H,7H2,(H,8,9). The van der Waals surface area contributed by atoms with Gasteiger partial charge in [-0.15, -0.1) is 0 Å². The summed E-state index contributed by atoms with van der Waals surface area (Å²) in [6, 6.07) is 12.9. The average molecular weight is 605 g/mol. The monoisotopic (exact) mass is 604 g/mol. The molecule has 0 fully saturated rings. The van der Waals surface area contributed by atoms with Gasteiger partial charge >= 0.3 is 11.2 Å². The molecule has 5 aromatic rings. The van der Waals surface area contributed by atoms with Crippen molar-refractivity contribution in [1.29, 1.82) is 0 Å². The van der Waals surface area contributed by atoms with Gasteiger partial charge in [-0.1, -0.05) is 23.7 Å². The number of nitrogens with zero attached hydrogens (tertiary/aromatic N) is 4. The molecule has 0 saturated heterocycles. The van der Waals surface area contributed by atoms with Crippen LogP contribution in [0.4, 0.5) is 30.2 Å². The number of anilines is 2. The molecule has 0 aliphatic carbocycles. The minimum absolute atomic E-state index is 0.102. The molecule has 0 saturated carbocycles. The minimum atomic E-state index is -0.943. The van der Waals surface area contributed by atoms with Crippen molar-refractivity contribution in [2.75, 3.05) is 11.5 Å². The van der Waals surface area contributed by atoms with Crippen LogP contribution in [0.25, 0.3) is 5.82 Å². The molecule has 42 heavy (non-hydrogen) atoms. The van der Waals surface area contributed by atoms with Gasteiger partial charge in [-0.25, -0.2) is 23.1 Å². The first-order valence-electron chi connectivity index (χ1n) is 11.2. The summed E-state index contributed by atoms with van der Waals surface area (Å²) in [6.45, 7) is 0. The van der Waals surface area contributed by atoms with E-state index in [-0.39, 0.29) is 11.4 Å². The first kappa shape index (κ1) is 32.4. The molecule has 0 spiro atoms. The third-order valence-corrected chi connectivity index (χ3v) is 4.70. The Bertz CT molecular complexity index is 1800. The van der Waals surface area contributed by atoms with Crippen LogP contribution in [0.15, 0.2) is 100.0 Å². The maximum absolute atomic E-state index is 13.0. The molecule has 0 aliphatic heterocycles. The lowest BCUT2D eigenvalue weighted by Gasteiger charge is -2.04. The molecular formula is C25H20ClF3N8O5. The highest BCUT2D eigenvalue weighted by atomic mass is 35.5. The summed E-state index contributed by atoms with van der Waals surface area (Å²) < 4.78 is 38.4. The number of rotatable bonds is 2. The predicted octanol–water partition coefficient (Wildman–Crippen LogP) is 3.21. The molecular weight excluding hydrogens is 585 g/mol. The SMILES string of the molecule is Clc1ccccn1.Nc1cc(F)c[nH]c1=O.Nc1cc(F)cn(-c2ccccn2)c1=O.O=c1[nH]cc(F)cc1[N+](=O)[O-]. The molecule has 0 unspecified atom stereocenters. The number of aromatic amines is 2. The lowest BCUT2D eigenvalue weighted by molar-refractivity contribution is -0.386. The highest BCUT2D eigenvalue weighted by molar-refractivity contribution is 6.29. The minimum Gasteiger partial charge on any atom is -0.394 e. The van der Waals surface area contributed by atoms with E-state index in [0.29, 0.717) is 17.0 Å². The number of aromatic nitrogens is 5. The molecule has 0 aromatic carbocycles. The Morgan fingerprint density at radius 1 is 0.810 bits per heavy atom. The van der Waals surface area contributed by atoms with Crippen molar-refractivity contribution in [2.45, 2.75) is 0 Å². The zero-order chi connectivity index (χ0) is 31.2. The second kappa shape index (κ2) is 15.7. The van der Waals surface area contributed by atoms with Crippen molar-refractivity contribution >= 4 is 28.7 Å². The molecule has 0 aliphatic rings. The fourth-order valence-corrected chi connectivity index (χ4v) is 2.76. The van der Waals surface area contributed by atoms with Gasteiger partial charge in [0.1, 0.15) is 39.8 Å². The number of nitro groups is 1. The van der Waals surface area contributed by atoms with Crippen LogP contribution in [0.1, 0.15) is 0 Å². The van der Waals surface area contributed by atoms with Crippen LogP contribution in [-0.2, 0) is 0 Å². The number of pyridine rings is 5. The van der Waals surface area contributed by atoms with E-state index < -0.39 is 44.7 Å². The van der Waals surface area contributed by atoms with Gasteiger partial charge in [0.15, 0.2) is 0 Å². The van der Waals surface area contributed by atoms with Crippen molar-refractivity contribution in [3.05, 3.63) is 149 Å². The Hall–Kier alpha value is -5.77. The topological polar surface area (TPSA) is 209 Å². The van der Waals surface area contributed by atoms with Crippen molar-refractivity contribution in [3.8, 4) is 5.82 Å². The van der Waals surface area contributed by atoms with Crippen LogP contribution in [0, 0.1) is 27.6 Å². The molecule has 5 aromatic heterocycles.